The fourth-order valence-electron chi connectivity index (χ4n) is 4.16. The molecule has 4 rings (SSSR count). The molecule has 1 fully saturated rings. The van der Waals surface area contributed by atoms with Crippen LogP contribution in [0.1, 0.15) is 16.7 Å². The lowest BCUT2D eigenvalue weighted by molar-refractivity contribution is 0.0599. The SMILES string of the molecule is Cc1ccc(S(=O)(=O)[C@@]2(CO)[C@H](OCc3ccccc3)[C@@H]2COCc2ccccc2)cc1. The molecule has 0 heterocycles. The summed E-state index contributed by atoms with van der Waals surface area (Å²) in [6, 6.07) is 26.0. The van der Waals surface area contributed by atoms with Gasteiger partial charge in [-0.2, -0.15) is 0 Å². The van der Waals surface area contributed by atoms with Gasteiger partial charge in [0.05, 0.1) is 37.4 Å². The van der Waals surface area contributed by atoms with Gasteiger partial charge in [0.15, 0.2) is 9.84 Å². The maximum atomic E-state index is 13.6. The van der Waals surface area contributed by atoms with Crippen LogP contribution in [0.25, 0.3) is 0 Å². The fraction of sp³-hybridized carbons (Fsp3) is 0.308. The van der Waals surface area contributed by atoms with Gasteiger partial charge in [0.2, 0.25) is 0 Å². The van der Waals surface area contributed by atoms with Gasteiger partial charge in [0.25, 0.3) is 0 Å². The first-order valence-corrected chi connectivity index (χ1v) is 12.2. The summed E-state index contributed by atoms with van der Waals surface area (Å²) in [7, 11) is -3.85. The van der Waals surface area contributed by atoms with E-state index in [4.69, 9.17) is 9.47 Å². The molecule has 0 saturated heterocycles. The second-order valence-electron chi connectivity index (χ2n) is 8.25. The van der Waals surface area contributed by atoms with Gasteiger partial charge in [0, 0.05) is 5.92 Å². The first-order valence-electron chi connectivity index (χ1n) is 10.7. The lowest BCUT2D eigenvalue weighted by Gasteiger charge is -2.17. The number of hydrogen-bond acceptors (Lipinski definition) is 5. The number of aliphatic hydroxyl groups excluding tert-OH is 1. The summed E-state index contributed by atoms with van der Waals surface area (Å²) in [6.07, 6.45) is -0.658. The molecule has 0 spiro atoms. The van der Waals surface area contributed by atoms with Gasteiger partial charge in [-0.25, -0.2) is 8.42 Å². The zero-order valence-electron chi connectivity index (χ0n) is 18.1. The largest absolute Gasteiger partial charge is 0.395 e. The van der Waals surface area contributed by atoms with E-state index in [2.05, 4.69) is 0 Å². The molecule has 6 heteroatoms. The Kier molecular flexibility index (Phi) is 6.76. The Morgan fingerprint density at radius 1 is 0.844 bits per heavy atom. The Bertz CT molecular complexity index is 1110. The highest BCUT2D eigenvalue weighted by Gasteiger charge is 2.73. The van der Waals surface area contributed by atoms with Crippen molar-refractivity contribution in [1.82, 2.24) is 0 Å². The van der Waals surface area contributed by atoms with Gasteiger partial charge in [-0.05, 0) is 30.2 Å². The Balaban J connectivity index is 1.56. The zero-order valence-corrected chi connectivity index (χ0v) is 18.9. The van der Waals surface area contributed by atoms with Crippen molar-refractivity contribution in [2.24, 2.45) is 5.92 Å². The molecule has 5 nitrogen and oxygen atoms in total. The smallest absolute Gasteiger partial charge is 0.189 e. The maximum absolute atomic E-state index is 13.6. The highest BCUT2D eigenvalue weighted by molar-refractivity contribution is 7.93. The predicted octanol–water partition coefficient (Wildman–Crippen LogP) is 3.93. The van der Waals surface area contributed by atoms with Crippen LogP contribution in [0.4, 0.5) is 0 Å². The van der Waals surface area contributed by atoms with Crippen LogP contribution in [0.3, 0.4) is 0 Å². The standard InChI is InChI=1S/C26H28O5S/c1-20-12-14-23(15-13-20)32(28,29)26(19-27)24(18-30-16-21-8-4-2-5-9-21)25(26)31-17-22-10-6-3-7-11-22/h2-15,24-25,27H,16-19H2,1H3/t24-,25+,26+/m0/s1. The van der Waals surface area contributed by atoms with E-state index in [0.29, 0.717) is 6.61 Å². The van der Waals surface area contributed by atoms with Crippen molar-refractivity contribution in [3.63, 3.8) is 0 Å². The fourth-order valence-corrected chi connectivity index (χ4v) is 6.32. The van der Waals surface area contributed by atoms with Crippen molar-refractivity contribution in [3.05, 3.63) is 102 Å². The summed E-state index contributed by atoms with van der Waals surface area (Å²) >= 11 is 0. The van der Waals surface area contributed by atoms with Crippen molar-refractivity contribution in [2.45, 2.75) is 35.9 Å². The van der Waals surface area contributed by atoms with E-state index < -0.39 is 33.2 Å². The third-order valence-corrected chi connectivity index (χ3v) is 8.68. The Morgan fingerprint density at radius 3 is 1.97 bits per heavy atom. The maximum Gasteiger partial charge on any atom is 0.189 e. The second kappa shape index (κ2) is 9.55. The van der Waals surface area contributed by atoms with Gasteiger partial charge in [-0.15, -0.1) is 0 Å². The van der Waals surface area contributed by atoms with Crippen molar-refractivity contribution in [1.29, 1.82) is 0 Å². The van der Waals surface area contributed by atoms with Crippen LogP contribution < -0.4 is 0 Å². The molecule has 0 aromatic heterocycles. The molecule has 168 valence electrons. The van der Waals surface area contributed by atoms with E-state index in [1.54, 1.807) is 24.3 Å². The Hall–Kier alpha value is -2.51. The molecule has 0 amide bonds. The molecule has 32 heavy (non-hydrogen) atoms. The van der Waals surface area contributed by atoms with Crippen molar-refractivity contribution < 1.29 is 23.0 Å². The first-order chi connectivity index (χ1) is 15.5. The lowest BCUT2D eigenvalue weighted by atomic mass is 10.2. The van der Waals surface area contributed by atoms with Crippen LogP contribution >= 0.6 is 0 Å². The molecule has 1 N–H and O–H groups in total. The molecule has 0 aliphatic heterocycles. The summed E-state index contributed by atoms with van der Waals surface area (Å²) in [5, 5.41) is 10.3. The van der Waals surface area contributed by atoms with E-state index >= 15 is 0 Å². The minimum atomic E-state index is -3.85. The van der Waals surface area contributed by atoms with E-state index in [-0.39, 0.29) is 18.1 Å². The van der Waals surface area contributed by atoms with Gasteiger partial charge in [0.1, 0.15) is 4.75 Å². The Morgan fingerprint density at radius 2 is 1.41 bits per heavy atom. The van der Waals surface area contributed by atoms with Gasteiger partial charge < -0.3 is 14.6 Å². The summed E-state index contributed by atoms with van der Waals surface area (Å²) in [5.41, 5.74) is 2.92. The topological polar surface area (TPSA) is 72.8 Å². The number of rotatable bonds is 10. The lowest BCUT2D eigenvalue weighted by Crippen LogP contribution is -2.34. The monoisotopic (exact) mass is 452 g/mol. The molecule has 1 aliphatic rings. The van der Waals surface area contributed by atoms with Gasteiger partial charge in [-0.1, -0.05) is 78.4 Å². The molecule has 0 radical (unpaired) electrons. The molecule has 3 aromatic carbocycles. The number of aliphatic hydroxyl groups is 1. The van der Waals surface area contributed by atoms with Crippen molar-refractivity contribution in [2.75, 3.05) is 13.2 Å². The molecular formula is C26H28O5S. The van der Waals surface area contributed by atoms with E-state index in [0.717, 1.165) is 16.7 Å². The van der Waals surface area contributed by atoms with E-state index in [1.807, 2.05) is 67.6 Å². The minimum Gasteiger partial charge on any atom is -0.395 e. The average Bonchev–Trinajstić information content (AvgIpc) is 3.47. The van der Waals surface area contributed by atoms with Gasteiger partial charge in [-0.3, -0.25) is 0 Å². The number of hydrogen-bond donors (Lipinski definition) is 1. The Labute approximate surface area is 189 Å². The molecular weight excluding hydrogens is 424 g/mol. The quantitative estimate of drug-likeness (QED) is 0.505. The van der Waals surface area contributed by atoms with Crippen LogP contribution in [-0.2, 0) is 32.5 Å². The highest BCUT2D eigenvalue weighted by Crippen LogP contribution is 2.55. The summed E-state index contributed by atoms with van der Waals surface area (Å²) in [4.78, 5) is 0.191. The number of ether oxygens (including phenoxy) is 2. The van der Waals surface area contributed by atoms with Crippen LogP contribution in [0, 0.1) is 12.8 Å². The molecule has 0 bridgehead atoms. The number of benzene rings is 3. The average molecular weight is 453 g/mol. The third kappa shape index (κ3) is 4.36. The van der Waals surface area contributed by atoms with E-state index in [9.17, 15) is 13.5 Å². The first kappa shape index (κ1) is 22.7. The van der Waals surface area contributed by atoms with Crippen LogP contribution in [0.15, 0.2) is 89.8 Å². The highest BCUT2D eigenvalue weighted by atomic mass is 32.2. The third-order valence-electron chi connectivity index (χ3n) is 6.13. The number of aryl methyl sites for hydroxylation is 1. The van der Waals surface area contributed by atoms with Crippen molar-refractivity contribution >= 4 is 9.84 Å². The summed E-state index contributed by atoms with van der Waals surface area (Å²) < 4.78 is 37.8. The normalized spacial score (nSPS) is 22.6. The molecule has 1 saturated carbocycles. The van der Waals surface area contributed by atoms with E-state index in [1.165, 1.54) is 0 Å². The van der Waals surface area contributed by atoms with Crippen molar-refractivity contribution in [3.8, 4) is 0 Å². The van der Waals surface area contributed by atoms with Crippen LogP contribution in [0.2, 0.25) is 0 Å². The molecule has 0 unspecified atom stereocenters. The second-order valence-corrected chi connectivity index (χ2v) is 10.5. The number of sulfone groups is 1. The van der Waals surface area contributed by atoms with Crippen LogP contribution in [0.5, 0.6) is 0 Å². The molecule has 3 atom stereocenters. The van der Waals surface area contributed by atoms with Gasteiger partial charge >= 0.3 is 0 Å². The zero-order chi connectivity index (χ0) is 22.6. The van der Waals surface area contributed by atoms with Crippen LogP contribution in [-0.4, -0.2) is 37.6 Å². The molecule has 3 aromatic rings. The molecule has 1 aliphatic carbocycles. The summed E-state index contributed by atoms with van der Waals surface area (Å²) in [5.74, 6) is -0.466. The predicted molar refractivity (Wildman–Crippen MR) is 123 cm³/mol. The minimum absolute atomic E-state index is 0.181. The summed E-state index contributed by atoms with van der Waals surface area (Å²) in [6.45, 7) is 2.20.